The smallest absolute Gasteiger partial charge is 0.225 e. The van der Waals surface area contributed by atoms with Gasteiger partial charge in [-0.15, -0.1) is 0 Å². The van der Waals surface area contributed by atoms with Crippen LogP contribution in [0, 0.1) is 17.8 Å². The lowest BCUT2D eigenvalue weighted by Gasteiger charge is -2.21. The predicted octanol–water partition coefficient (Wildman–Crippen LogP) is 3.23. The number of carbonyl (C=O) groups excluding carboxylic acids is 1. The van der Waals surface area contributed by atoms with Crippen molar-refractivity contribution < 1.29 is 4.79 Å². The standard InChI is InChI=1S/C15H23N3O/c1-10(2)18-14(5-6-16-18)17-15(19)9-13-8-11-3-4-12(13)7-11/h5-6,10-13H,3-4,7-9H2,1-2H3,(H,17,19). The van der Waals surface area contributed by atoms with Crippen molar-refractivity contribution in [3.8, 4) is 0 Å². The average molecular weight is 261 g/mol. The minimum atomic E-state index is 0.153. The number of rotatable bonds is 4. The van der Waals surface area contributed by atoms with Crippen LogP contribution in [0.3, 0.4) is 0 Å². The van der Waals surface area contributed by atoms with Crippen molar-refractivity contribution in [1.82, 2.24) is 9.78 Å². The molecule has 3 rings (SSSR count). The van der Waals surface area contributed by atoms with E-state index < -0.39 is 0 Å². The summed E-state index contributed by atoms with van der Waals surface area (Å²) in [5.74, 6) is 3.31. The van der Waals surface area contributed by atoms with Gasteiger partial charge >= 0.3 is 0 Å². The van der Waals surface area contributed by atoms with Gasteiger partial charge in [-0.2, -0.15) is 5.10 Å². The molecule has 0 aromatic carbocycles. The van der Waals surface area contributed by atoms with Crippen LogP contribution in [0.4, 0.5) is 5.82 Å². The van der Waals surface area contributed by atoms with Crippen LogP contribution in [0.2, 0.25) is 0 Å². The highest BCUT2D eigenvalue weighted by molar-refractivity contribution is 5.90. The first-order valence-electron chi connectivity index (χ1n) is 7.47. The van der Waals surface area contributed by atoms with Crippen LogP contribution in [-0.4, -0.2) is 15.7 Å². The summed E-state index contributed by atoms with van der Waals surface area (Å²) in [4.78, 5) is 12.2. The summed E-state index contributed by atoms with van der Waals surface area (Å²) < 4.78 is 1.86. The quantitative estimate of drug-likeness (QED) is 0.904. The van der Waals surface area contributed by atoms with Gasteiger partial charge in [-0.1, -0.05) is 6.42 Å². The van der Waals surface area contributed by atoms with E-state index in [-0.39, 0.29) is 11.9 Å². The molecule has 2 saturated carbocycles. The zero-order chi connectivity index (χ0) is 13.4. The van der Waals surface area contributed by atoms with Gasteiger partial charge in [0.15, 0.2) is 0 Å². The maximum atomic E-state index is 12.2. The summed E-state index contributed by atoms with van der Waals surface area (Å²) in [6.45, 7) is 4.14. The molecule has 0 radical (unpaired) electrons. The number of fused-ring (bicyclic) bond motifs is 2. The molecule has 0 aliphatic heterocycles. The molecule has 2 fully saturated rings. The fraction of sp³-hybridized carbons (Fsp3) is 0.733. The SMILES string of the molecule is CC(C)n1nccc1NC(=O)CC1CC2CCC1C2. The van der Waals surface area contributed by atoms with E-state index in [0.29, 0.717) is 12.3 Å². The zero-order valence-corrected chi connectivity index (χ0v) is 11.8. The lowest BCUT2D eigenvalue weighted by Crippen LogP contribution is -2.22. The summed E-state index contributed by atoms with van der Waals surface area (Å²) in [6, 6.07) is 2.14. The summed E-state index contributed by atoms with van der Waals surface area (Å²) in [5.41, 5.74) is 0. The number of aromatic nitrogens is 2. The molecule has 19 heavy (non-hydrogen) atoms. The molecule has 3 unspecified atom stereocenters. The van der Waals surface area contributed by atoms with Crippen molar-refractivity contribution in [3.63, 3.8) is 0 Å². The summed E-state index contributed by atoms with van der Waals surface area (Å²) >= 11 is 0. The second-order valence-corrected chi connectivity index (χ2v) is 6.44. The number of hydrogen-bond donors (Lipinski definition) is 1. The Kier molecular flexibility index (Phi) is 3.33. The average Bonchev–Trinajstić information content (AvgIpc) is 3.03. The predicted molar refractivity (Wildman–Crippen MR) is 74.8 cm³/mol. The van der Waals surface area contributed by atoms with Gasteiger partial charge in [0.2, 0.25) is 5.91 Å². The second-order valence-electron chi connectivity index (χ2n) is 6.44. The minimum Gasteiger partial charge on any atom is -0.311 e. The summed E-state index contributed by atoms with van der Waals surface area (Å²) in [6.07, 6.45) is 7.79. The highest BCUT2D eigenvalue weighted by Crippen LogP contribution is 2.49. The van der Waals surface area contributed by atoms with Crippen LogP contribution >= 0.6 is 0 Å². The normalized spacial score (nSPS) is 29.1. The number of nitrogens with one attached hydrogen (secondary N) is 1. The zero-order valence-electron chi connectivity index (χ0n) is 11.8. The first-order valence-corrected chi connectivity index (χ1v) is 7.47. The van der Waals surface area contributed by atoms with Gasteiger partial charge < -0.3 is 5.32 Å². The van der Waals surface area contributed by atoms with Crippen molar-refractivity contribution in [3.05, 3.63) is 12.3 Å². The van der Waals surface area contributed by atoms with Crippen LogP contribution < -0.4 is 5.32 Å². The van der Waals surface area contributed by atoms with Crippen molar-refractivity contribution >= 4 is 11.7 Å². The van der Waals surface area contributed by atoms with Crippen molar-refractivity contribution in [2.24, 2.45) is 17.8 Å². The Morgan fingerprint density at radius 1 is 1.47 bits per heavy atom. The molecule has 4 heteroatoms. The van der Waals surface area contributed by atoms with E-state index in [1.165, 1.54) is 25.7 Å². The molecule has 2 aliphatic rings. The summed E-state index contributed by atoms with van der Waals surface area (Å²) in [7, 11) is 0. The van der Waals surface area contributed by atoms with E-state index >= 15 is 0 Å². The molecule has 1 aromatic heterocycles. The Morgan fingerprint density at radius 3 is 2.95 bits per heavy atom. The van der Waals surface area contributed by atoms with Crippen LogP contribution in [0.15, 0.2) is 12.3 Å². The molecule has 1 heterocycles. The van der Waals surface area contributed by atoms with Gasteiger partial charge in [0, 0.05) is 18.5 Å². The lowest BCUT2D eigenvalue weighted by molar-refractivity contribution is -0.117. The number of nitrogens with zero attached hydrogens (tertiary/aromatic N) is 2. The van der Waals surface area contributed by atoms with Crippen LogP contribution in [0.5, 0.6) is 0 Å². The first kappa shape index (κ1) is 12.7. The summed E-state index contributed by atoms with van der Waals surface area (Å²) in [5, 5.41) is 7.26. The Hall–Kier alpha value is -1.32. The van der Waals surface area contributed by atoms with Gasteiger partial charge in [0.25, 0.3) is 0 Å². The number of carbonyl (C=O) groups is 1. The van der Waals surface area contributed by atoms with Crippen LogP contribution in [0.1, 0.15) is 52.0 Å². The number of hydrogen-bond acceptors (Lipinski definition) is 2. The third-order valence-electron chi connectivity index (χ3n) is 4.76. The van der Waals surface area contributed by atoms with Gasteiger partial charge in [-0.25, -0.2) is 4.68 Å². The molecule has 2 bridgehead atoms. The van der Waals surface area contributed by atoms with Gasteiger partial charge in [-0.05, 0) is 50.9 Å². The second kappa shape index (κ2) is 4.99. The third-order valence-corrected chi connectivity index (χ3v) is 4.76. The molecular weight excluding hydrogens is 238 g/mol. The monoisotopic (exact) mass is 261 g/mol. The van der Waals surface area contributed by atoms with Crippen molar-refractivity contribution in [1.29, 1.82) is 0 Å². The van der Waals surface area contributed by atoms with Gasteiger partial charge in [0.1, 0.15) is 5.82 Å². The molecule has 2 aliphatic carbocycles. The van der Waals surface area contributed by atoms with E-state index in [4.69, 9.17) is 0 Å². The Bertz CT molecular complexity index is 466. The number of anilines is 1. The minimum absolute atomic E-state index is 0.153. The van der Waals surface area contributed by atoms with Crippen molar-refractivity contribution in [2.45, 2.75) is 52.0 Å². The molecule has 0 saturated heterocycles. The van der Waals surface area contributed by atoms with Crippen LogP contribution in [-0.2, 0) is 4.79 Å². The lowest BCUT2D eigenvalue weighted by atomic mass is 9.86. The number of amides is 1. The van der Waals surface area contributed by atoms with E-state index in [1.807, 2.05) is 10.7 Å². The topological polar surface area (TPSA) is 46.9 Å². The highest BCUT2D eigenvalue weighted by Gasteiger charge is 2.40. The molecule has 1 aromatic rings. The van der Waals surface area contributed by atoms with Gasteiger partial charge in [-0.3, -0.25) is 4.79 Å². The molecular formula is C15H23N3O. The Morgan fingerprint density at radius 2 is 2.32 bits per heavy atom. The molecule has 104 valence electrons. The maximum absolute atomic E-state index is 12.2. The molecule has 1 N–H and O–H groups in total. The fourth-order valence-corrected chi connectivity index (χ4v) is 3.88. The third kappa shape index (κ3) is 2.53. The van der Waals surface area contributed by atoms with E-state index in [9.17, 15) is 4.79 Å². The van der Waals surface area contributed by atoms with Gasteiger partial charge in [0.05, 0.1) is 6.20 Å². The molecule has 4 nitrogen and oxygen atoms in total. The maximum Gasteiger partial charge on any atom is 0.225 e. The van der Waals surface area contributed by atoms with E-state index in [2.05, 4.69) is 24.3 Å². The van der Waals surface area contributed by atoms with Crippen LogP contribution in [0.25, 0.3) is 0 Å². The highest BCUT2D eigenvalue weighted by atomic mass is 16.1. The first-order chi connectivity index (χ1) is 9.13. The van der Waals surface area contributed by atoms with E-state index in [0.717, 1.165) is 17.7 Å². The van der Waals surface area contributed by atoms with E-state index in [1.54, 1.807) is 6.20 Å². The Balaban J connectivity index is 1.58. The Labute approximate surface area is 114 Å². The molecule has 0 spiro atoms. The fourth-order valence-electron chi connectivity index (χ4n) is 3.88. The largest absolute Gasteiger partial charge is 0.311 e. The molecule has 3 atom stereocenters. The van der Waals surface area contributed by atoms with Crippen molar-refractivity contribution in [2.75, 3.05) is 5.32 Å². The molecule has 1 amide bonds.